The summed E-state index contributed by atoms with van der Waals surface area (Å²) in [6.07, 6.45) is 2.08. The van der Waals surface area contributed by atoms with Crippen LogP contribution < -0.4 is 5.73 Å². The fourth-order valence-corrected chi connectivity index (χ4v) is 2.03. The lowest BCUT2D eigenvalue weighted by molar-refractivity contribution is 0.499. The van der Waals surface area contributed by atoms with Gasteiger partial charge in [-0.3, -0.25) is 0 Å². The van der Waals surface area contributed by atoms with E-state index in [0.29, 0.717) is 5.92 Å². The summed E-state index contributed by atoms with van der Waals surface area (Å²) in [5.41, 5.74) is 8.01. The second-order valence-electron chi connectivity index (χ2n) is 4.29. The first kappa shape index (κ1) is 11.1. The molecule has 1 aromatic heterocycles. The average Bonchev–Trinajstić information content (AvgIpc) is 2.64. The Kier molecular flexibility index (Phi) is 3.25. The minimum Gasteiger partial charge on any atom is -0.331 e. The molecule has 86 valence electrons. The number of benzene rings is 1. The van der Waals surface area contributed by atoms with E-state index in [1.54, 1.807) is 0 Å². The first-order chi connectivity index (χ1) is 7.76. The molecule has 2 rings (SSSR count). The molecule has 1 atom stereocenters. The quantitative estimate of drug-likeness (QED) is 0.852. The van der Waals surface area contributed by atoms with Gasteiger partial charge in [0.15, 0.2) is 0 Å². The molecule has 1 unspecified atom stereocenters. The summed E-state index contributed by atoms with van der Waals surface area (Å²) in [5.74, 6) is 1.68. The van der Waals surface area contributed by atoms with Gasteiger partial charge in [0.25, 0.3) is 0 Å². The number of rotatable bonds is 4. The van der Waals surface area contributed by atoms with E-state index in [9.17, 15) is 0 Å². The molecule has 1 heterocycles. The van der Waals surface area contributed by atoms with Crippen LogP contribution in [-0.4, -0.2) is 16.1 Å². The summed E-state index contributed by atoms with van der Waals surface area (Å²) in [6.45, 7) is 2.92. The molecule has 2 N–H and O–H groups in total. The van der Waals surface area contributed by atoms with Crippen LogP contribution >= 0.6 is 0 Å². The fourth-order valence-electron chi connectivity index (χ4n) is 2.03. The van der Waals surface area contributed by atoms with Crippen molar-refractivity contribution in [2.24, 2.45) is 18.7 Å². The molecule has 0 spiro atoms. The highest BCUT2D eigenvalue weighted by Crippen LogP contribution is 2.17. The Labute approximate surface area is 96.3 Å². The van der Waals surface area contributed by atoms with Gasteiger partial charge in [0, 0.05) is 13.5 Å². The Morgan fingerprint density at radius 3 is 2.75 bits per heavy atom. The van der Waals surface area contributed by atoms with Gasteiger partial charge in [-0.25, -0.2) is 4.98 Å². The number of nitrogens with two attached hydrogens (primary N) is 1. The number of hydrogen-bond acceptors (Lipinski definition) is 2. The lowest BCUT2D eigenvalue weighted by atomic mass is 10.0. The molecule has 2 aromatic rings. The molecular weight excluding hydrogens is 198 g/mol. The first-order valence-corrected chi connectivity index (χ1v) is 5.86. The van der Waals surface area contributed by atoms with Crippen LogP contribution in [-0.2, 0) is 13.5 Å². The maximum Gasteiger partial charge on any atom is 0.109 e. The van der Waals surface area contributed by atoms with E-state index >= 15 is 0 Å². The van der Waals surface area contributed by atoms with Gasteiger partial charge in [-0.05, 0) is 24.6 Å². The minimum atomic E-state index is 0.538. The molecule has 3 heteroatoms. The van der Waals surface area contributed by atoms with Gasteiger partial charge in [0.05, 0.1) is 11.0 Å². The van der Waals surface area contributed by atoms with E-state index in [4.69, 9.17) is 5.73 Å². The maximum atomic E-state index is 5.74. The van der Waals surface area contributed by atoms with Crippen molar-refractivity contribution in [2.45, 2.75) is 19.8 Å². The van der Waals surface area contributed by atoms with Crippen molar-refractivity contribution in [3.05, 3.63) is 30.1 Å². The molecule has 0 aliphatic heterocycles. The number of fused-ring (bicyclic) bond motifs is 1. The van der Waals surface area contributed by atoms with Crippen LogP contribution in [0.1, 0.15) is 19.2 Å². The van der Waals surface area contributed by atoms with E-state index in [0.717, 1.165) is 30.7 Å². The summed E-state index contributed by atoms with van der Waals surface area (Å²) in [7, 11) is 2.08. The lowest BCUT2D eigenvalue weighted by Gasteiger charge is -2.11. The molecule has 0 saturated heterocycles. The molecule has 0 amide bonds. The summed E-state index contributed by atoms with van der Waals surface area (Å²) < 4.78 is 2.17. The number of hydrogen-bond donors (Lipinski definition) is 1. The first-order valence-electron chi connectivity index (χ1n) is 5.86. The van der Waals surface area contributed by atoms with Crippen molar-refractivity contribution in [2.75, 3.05) is 6.54 Å². The zero-order valence-corrected chi connectivity index (χ0v) is 9.98. The van der Waals surface area contributed by atoms with Crippen LogP contribution in [0.15, 0.2) is 24.3 Å². The summed E-state index contributed by atoms with van der Waals surface area (Å²) in [6, 6.07) is 8.24. The highest BCUT2D eigenvalue weighted by molar-refractivity contribution is 5.75. The summed E-state index contributed by atoms with van der Waals surface area (Å²) in [5, 5.41) is 0. The molecule has 0 saturated carbocycles. The predicted molar refractivity (Wildman–Crippen MR) is 67.3 cm³/mol. The minimum absolute atomic E-state index is 0.538. The second kappa shape index (κ2) is 4.66. The van der Waals surface area contributed by atoms with Crippen molar-refractivity contribution in [3.8, 4) is 0 Å². The van der Waals surface area contributed by atoms with E-state index in [-0.39, 0.29) is 0 Å². The Morgan fingerprint density at radius 2 is 2.12 bits per heavy atom. The van der Waals surface area contributed by atoms with Gasteiger partial charge >= 0.3 is 0 Å². The zero-order valence-electron chi connectivity index (χ0n) is 9.98. The Hall–Kier alpha value is -1.35. The Morgan fingerprint density at radius 1 is 1.38 bits per heavy atom. The third kappa shape index (κ3) is 1.95. The fraction of sp³-hybridized carbons (Fsp3) is 0.462. The normalized spacial score (nSPS) is 13.2. The smallest absolute Gasteiger partial charge is 0.109 e. The highest BCUT2D eigenvalue weighted by Gasteiger charge is 2.11. The largest absolute Gasteiger partial charge is 0.331 e. The summed E-state index contributed by atoms with van der Waals surface area (Å²) >= 11 is 0. The monoisotopic (exact) mass is 217 g/mol. The SMILES string of the molecule is CCC(CN)Cc1nc2ccccc2n1C. The average molecular weight is 217 g/mol. The molecule has 16 heavy (non-hydrogen) atoms. The Bertz CT molecular complexity index is 469. The van der Waals surface area contributed by atoms with E-state index < -0.39 is 0 Å². The van der Waals surface area contributed by atoms with Crippen molar-refractivity contribution < 1.29 is 0 Å². The van der Waals surface area contributed by atoms with Crippen molar-refractivity contribution >= 4 is 11.0 Å². The molecule has 1 aromatic carbocycles. The number of nitrogens with zero attached hydrogens (tertiary/aromatic N) is 2. The molecule has 0 bridgehead atoms. The van der Waals surface area contributed by atoms with Crippen LogP contribution in [0.3, 0.4) is 0 Å². The topological polar surface area (TPSA) is 43.8 Å². The molecule has 0 aliphatic rings. The second-order valence-corrected chi connectivity index (χ2v) is 4.29. The van der Waals surface area contributed by atoms with E-state index in [2.05, 4.69) is 35.7 Å². The van der Waals surface area contributed by atoms with Crippen LogP contribution in [0.2, 0.25) is 0 Å². The standard InChI is InChI=1S/C13H19N3/c1-3-10(9-14)8-13-15-11-6-4-5-7-12(11)16(13)2/h4-7,10H,3,8-9,14H2,1-2H3. The van der Waals surface area contributed by atoms with Crippen LogP contribution in [0, 0.1) is 5.92 Å². The molecule has 3 nitrogen and oxygen atoms in total. The van der Waals surface area contributed by atoms with Gasteiger partial charge in [-0.2, -0.15) is 0 Å². The zero-order chi connectivity index (χ0) is 11.5. The van der Waals surface area contributed by atoms with Crippen LogP contribution in [0.25, 0.3) is 11.0 Å². The van der Waals surface area contributed by atoms with Crippen molar-refractivity contribution in [1.29, 1.82) is 0 Å². The maximum absolute atomic E-state index is 5.74. The van der Waals surface area contributed by atoms with Gasteiger partial charge in [0.1, 0.15) is 5.82 Å². The van der Waals surface area contributed by atoms with Gasteiger partial charge in [-0.1, -0.05) is 25.5 Å². The Balaban J connectivity index is 2.34. The third-order valence-electron chi connectivity index (χ3n) is 3.26. The number of imidazole rings is 1. The number of aryl methyl sites for hydroxylation is 1. The number of aromatic nitrogens is 2. The van der Waals surface area contributed by atoms with Gasteiger partial charge < -0.3 is 10.3 Å². The van der Waals surface area contributed by atoms with Gasteiger partial charge in [-0.15, -0.1) is 0 Å². The van der Waals surface area contributed by atoms with Crippen molar-refractivity contribution in [1.82, 2.24) is 9.55 Å². The lowest BCUT2D eigenvalue weighted by Crippen LogP contribution is -2.17. The number of para-hydroxylation sites is 2. The molecule has 0 fully saturated rings. The van der Waals surface area contributed by atoms with Crippen LogP contribution in [0.4, 0.5) is 0 Å². The van der Waals surface area contributed by atoms with E-state index in [1.807, 2.05) is 12.1 Å². The summed E-state index contributed by atoms with van der Waals surface area (Å²) in [4.78, 5) is 4.66. The van der Waals surface area contributed by atoms with Crippen molar-refractivity contribution in [3.63, 3.8) is 0 Å². The molecule has 0 radical (unpaired) electrons. The molecular formula is C13H19N3. The highest BCUT2D eigenvalue weighted by atomic mass is 15.1. The van der Waals surface area contributed by atoms with E-state index in [1.165, 1.54) is 5.52 Å². The van der Waals surface area contributed by atoms with Crippen LogP contribution in [0.5, 0.6) is 0 Å². The third-order valence-corrected chi connectivity index (χ3v) is 3.26. The van der Waals surface area contributed by atoms with Gasteiger partial charge in [0.2, 0.25) is 0 Å². The molecule has 0 aliphatic carbocycles. The predicted octanol–water partition coefficient (Wildman–Crippen LogP) is 2.10.